The normalized spacial score (nSPS) is 11.2. The zero-order valence-corrected chi connectivity index (χ0v) is 14.9. The number of benzene rings is 2. The van der Waals surface area contributed by atoms with Gasteiger partial charge in [-0.2, -0.15) is 0 Å². The van der Waals surface area contributed by atoms with Gasteiger partial charge in [-0.05, 0) is 60.9 Å². The molecule has 3 aromatic rings. The van der Waals surface area contributed by atoms with Gasteiger partial charge < -0.3 is 0 Å². The van der Waals surface area contributed by atoms with E-state index in [1.165, 1.54) is 44.3 Å². The first-order valence-corrected chi connectivity index (χ1v) is 8.57. The quantitative estimate of drug-likeness (QED) is 0.595. The van der Waals surface area contributed by atoms with E-state index in [-0.39, 0.29) is 0 Å². The first-order valence-electron chi connectivity index (χ1n) is 8.57. The average molecular weight is 304 g/mol. The molecule has 0 radical (unpaired) electrons. The van der Waals surface area contributed by atoms with E-state index in [0.717, 1.165) is 12.8 Å². The zero-order valence-electron chi connectivity index (χ0n) is 14.9. The van der Waals surface area contributed by atoms with E-state index in [4.69, 9.17) is 0 Å². The first-order chi connectivity index (χ1) is 11.0. The molecule has 1 nitrogen and oxygen atoms in total. The Morgan fingerprint density at radius 2 is 1.70 bits per heavy atom. The van der Waals surface area contributed by atoms with Crippen LogP contribution in [0.25, 0.3) is 22.0 Å². The maximum Gasteiger partial charge on any atom is 0.220 e. The van der Waals surface area contributed by atoms with E-state index < -0.39 is 0 Å². The molecule has 0 bridgehead atoms. The maximum absolute atomic E-state index is 2.38. The summed E-state index contributed by atoms with van der Waals surface area (Å²) in [5.41, 5.74) is 8.30. The summed E-state index contributed by atoms with van der Waals surface area (Å²) < 4.78 is 2.26. The molecule has 1 heterocycles. The number of hydrogen-bond donors (Lipinski definition) is 0. The summed E-state index contributed by atoms with van der Waals surface area (Å²) in [4.78, 5) is 0. The molecule has 0 saturated heterocycles. The number of aromatic nitrogens is 1. The van der Waals surface area contributed by atoms with Crippen molar-refractivity contribution >= 4 is 10.8 Å². The van der Waals surface area contributed by atoms with Crippen LogP contribution < -0.4 is 4.57 Å². The van der Waals surface area contributed by atoms with Crippen molar-refractivity contribution in [2.75, 3.05) is 0 Å². The second-order valence-corrected chi connectivity index (χ2v) is 6.50. The van der Waals surface area contributed by atoms with Gasteiger partial charge in [-0.25, -0.2) is 4.57 Å². The number of fused-ring (bicyclic) bond motifs is 1. The van der Waals surface area contributed by atoms with Crippen LogP contribution in [0.3, 0.4) is 0 Å². The van der Waals surface area contributed by atoms with Crippen LogP contribution in [0, 0.1) is 13.8 Å². The number of hydrogen-bond acceptors (Lipinski definition) is 0. The molecule has 1 heteroatoms. The van der Waals surface area contributed by atoms with Crippen LogP contribution in [0.1, 0.15) is 36.1 Å². The Kier molecular flexibility index (Phi) is 4.21. The molecule has 2 aromatic carbocycles. The molecule has 0 amide bonds. The van der Waals surface area contributed by atoms with E-state index in [2.05, 4.69) is 81.9 Å². The van der Waals surface area contributed by atoms with Crippen LogP contribution in [0.5, 0.6) is 0 Å². The van der Waals surface area contributed by atoms with Crippen molar-refractivity contribution in [2.24, 2.45) is 7.05 Å². The van der Waals surface area contributed by atoms with Gasteiger partial charge in [0, 0.05) is 6.07 Å². The van der Waals surface area contributed by atoms with Gasteiger partial charge in [-0.1, -0.05) is 37.6 Å². The largest absolute Gasteiger partial charge is 0.220 e. The van der Waals surface area contributed by atoms with Crippen LogP contribution in [-0.2, 0) is 19.9 Å². The van der Waals surface area contributed by atoms with Gasteiger partial charge >= 0.3 is 0 Å². The van der Waals surface area contributed by atoms with Crippen LogP contribution in [0.15, 0.2) is 42.6 Å². The van der Waals surface area contributed by atoms with E-state index >= 15 is 0 Å². The summed E-state index contributed by atoms with van der Waals surface area (Å²) >= 11 is 0. The highest BCUT2D eigenvalue weighted by Crippen LogP contribution is 2.31. The maximum atomic E-state index is 2.38. The monoisotopic (exact) mass is 304 g/mol. The molecule has 0 aliphatic heterocycles. The molecule has 0 saturated carbocycles. The fraction of sp³-hybridized carbons (Fsp3) is 0.318. The Morgan fingerprint density at radius 1 is 0.913 bits per heavy atom. The first kappa shape index (κ1) is 15.7. The summed E-state index contributed by atoms with van der Waals surface area (Å²) in [6, 6.07) is 13.7. The fourth-order valence-corrected chi connectivity index (χ4v) is 3.49. The van der Waals surface area contributed by atoms with Crippen molar-refractivity contribution in [1.29, 1.82) is 0 Å². The highest BCUT2D eigenvalue weighted by Gasteiger charge is 2.19. The SMILES string of the molecule is CCc1cc(CC)c(C)c(-c2c3ccc(C)cc3cc[n+]2C)c1. The van der Waals surface area contributed by atoms with E-state index in [0.29, 0.717) is 0 Å². The van der Waals surface area contributed by atoms with E-state index in [1.54, 1.807) is 0 Å². The van der Waals surface area contributed by atoms with Crippen molar-refractivity contribution < 1.29 is 4.57 Å². The van der Waals surface area contributed by atoms with Gasteiger partial charge in [-0.15, -0.1) is 0 Å². The summed E-state index contributed by atoms with van der Waals surface area (Å²) in [6.07, 6.45) is 4.34. The Labute approximate surface area is 139 Å². The van der Waals surface area contributed by atoms with Gasteiger partial charge in [0.25, 0.3) is 0 Å². The van der Waals surface area contributed by atoms with Gasteiger partial charge in [-0.3, -0.25) is 0 Å². The van der Waals surface area contributed by atoms with Crippen LogP contribution in [0.2, 0.25) is 0 Å². The molecule has 0 aliphatic rings. The average Bonchev–Trinajstić information content (AvgIpc) is 2.55. The molecule has 23 heavy (non-hydrogen) atoms. The molecule has 0 N–H and O–H groups in total. The summed E-state index contributed by atoms with van der Waals surface area (Å²) in [5, 5.41) is 2.65. The second kappa shape index (κ2) is 6.16. The fourth-order valence-electron chi connectivity index (χ4n) is 3.49. The van der Waals surface area contributed by atoms with Crippen molar-refractivity contribution in [3.63, 3.8) is 0 Å². The number of nitrogens with zero attached hydrogens (tertiary/aromatic N) is 1. The third kappa shape index (κ3) is 2.76. The summed E-state index contributed by atoms with van der Waals surface area (Å²) in [6.45, 7) is 8.91. The molecule has 0 unspecified atom stereocenters. The van der Waals surface area contributed by atoms with Crippen molar-refractivity contribution in [1.82, 2.24) is 0 Å². The summed E-state index contributed by atoms with van der Waals surface area (Å²) in [5.74, 6) is 0. The van der Waals surface area contributed by atoms with Gasteiger partial charge in [0.15, 0.2) is 6.20 Å². The number of pyridine rings is 1. The third-order valence-corrected chi connectivity index (χ3v) is 4.91. The predicted octanol–water partition coefficient (Wildman–Crippen LogP) is 5.07. The highest BCUT2D eigenvalue weighted by atomic mass is 14.9. The molecule has 0 aliphatic carbocycles. The van der Waals surface area contributed by atoms with Gasteiger partial charge in [0.05, 0.1) is 10.9 Å². The Balaban J connectivity index is 2.38. The predicted molar refractivity (Wildman–Crippen MR) is 98.8 cm³/mol. The summed E-state index contributed by atoms with van der Waals surface area (Å²) in [7, 11) is 2.15. The van der Waals surface area contributed by atoms with Crippen molar-refractivity contribution in [2.45, 2.75) is 40.5 Å². The second-order valence-electron chi connectivity index (χ2n) is 6.50. The molecule has 118 valence electrons. The molecular weight excluding hydrogens is 278 g/mol. The Hall–Kier alpha value is -2.15. The minimum Gasteiger partial charge on any atom is -0.200 e. The molecule has 0 fully saturated rings. The van der Waals surface area contributed by atoms with Crippen molar-refractivity contribution in [3.05, 3.63) is 64.8 Å². The van der Waals surface area contributed by atoms with Gasteiger partial charge in [0.2, 0.25) is 5.69 Å². The number of rotatable bonds is 3. The van der Waals surface area contributed by atoms with E-state index in [1.807, 2.05) is 0 Å². The lowest BCUT2D eigenvalue weighted by atomic mass is 9.92. The van der Waals surface area contributed by atoms with Crippen molar-refractivity contribution in [3.8, 4) is 11.3 Å². The Bertz CT molecular complexity index is 875. The van der Waals surface area contributed by atoms with Crippen LogP contribution in [0.4, 0.5) is 0 Å². The smallest absolute Gasteiger partial charge is 0.200 e. The standard InChI is InChI=1S/C22H26N/c1-6-17-13-18(7-2)16(4)21(14-17)22-20-9-8-15(3)12-19(20)10-11-23(22)5/h8-14H,6-7H2,1-5H3/q+1. The van der Waals surface area contributed by atoms with Crippen LogP contribution in [-0.4, -0.2) is 0 Å². The lowest BCUT2D eigenvalue weighted by Gasteiger charge is -2.13. The highest BCUT2D eigenvalue weighted by molar-refractivity contribution is 5.94. The number of aryl methyl sites for hydroxylation is 4. The van der Waals surface area contributed by atoms with Gasteiger partial charge in [0.1, 0.15) is 7.05 Å². The lowest BCUT2D eigenvalue weighted by molar-refractivity contribution is -0.659. The minimum absolute atomic E-state index is 1.08. The van der Waals surface area contributed by atoms with Crippen LogP contribution >= 0.6 is 0 Å². The lowest BCUT2D eigenvalue weighted by Crippen LogP contribution is -2.31. The molecule has 3 rings (SSSR count). The molecule has 0 spiro atoms. The molecule has 1 aromatic heterocycles. The zero-order chi connectivity index (χ0) is 16.6. The molecule has 0 atom stereocenters. The molecular formula is C22H26N+. The Morgan fingerprint density at radius 3 is 2.39 bits per heavy atom. The minimum atomic E-state index is 1.08. The topological polar surface area (TPSA) is 3.88 Å². The third-order valence-electron chi connectivity index (χ3n) is 4.91. The van der Waals surface area contributed by atoms with E-state index in [9.17, 15) is 0 Å².